The number of halogens is 4. The number of nitrogens with zero attached hydrogens (tertiary/aromatic N) is 1. The number of rotatable bonds is 4. The Morgan fingerprint density at radius 3 is 2.27 bits per heavy atom. The number of aryl methyl sites for hydroxylation is 1. The number of aromatic nitrogens is 1. The summed E-state index contributed by atoms with van der Waals surface area (Å²) in [6, 6.07) is 0. The molecule has 0 bridgehead atoms. The number of nitrogens with one attached hydrogen (secondary N) is 1. The zero-order valence-electron chi connectivity index (χ0n) is 11.2. The Kier molecular flexibility index (Phi) is 3.77. The van der Waals surface area contributed by atoms with Crippen LogP contribution in [-0.4, -0.2) is 35.8 Å². The highest BCUT2D eigenvalue weighted by atomic mass is 32.2. The van der Waals surface area contributed by atoms with Crippen LogP contribution in [0.2, 0.25) is 0 Å². The summed E-state index contributed by atoms with van der Waals surface area (Å²) in [6.45, 7) is 0. The molecule has 1 aliphatic rings. The largest absolute Gasteiger partial charge is 0.476 e. The average molecular weight is 344 g/mol. The van der Waals surface area contributed by atoms with E-state index < -0.39 is 57.0 Å². The molecule has 1 aromatic heterocycles. The van der Waals surface area contributed by atoms with Crippen molar-refractivity contribution >= 4 is 16.0 Å². The van der Waals surface area contributed by atoms with Crippen molar-refractivity contribution in [3.8, 4) is 0 Å². The Morgan fingerprint density at radius 2 is 1.95 bits per heavy atom. The number of hydrogen-bond acceptors (Lipinski definition) is 3. The van der Waals surface area contributed by atoms with E-state index in [1.54, 1.807) is 0 Å². The van der Waals surface area contributed by atoms with Gasteiger partial charge in [0.25, 0.3) is 0 Å². The first kappa shape index (κ1) is 16.7. The van der Waals surface area contributed by atoms with Gasteiger partial charge >= 0.3 is 12.1 Å². The Labute approximate surface area is 122 Å². The van der Waals surface area contributed by atoms with Gasteiger partial charge in [0.1, 0.15) is 10.4 Å². The van der Waals surface area contributed by atoms with Gasteiger partial charge in [-0.05, 0) is 19.3 Å². The van der Waals surface area contributed by atoms with Crippen LogP contribution in [-0.2, 0) is 17.1 Å². The first-order valence-electron chi connectivity index (χ1n) is 6.10. The molecule has 0 unspecified atom stereocenters. The monoisotopic (exact) mass is 344 g/mol. The predicted molar refractivity (Wildman–Crippen MR) is 65.3 cm³/mol. The molecule has 0 aromatic carbocycles. The van der Waals surface area contributed by atoms with Crippen molar-refractivity contribution in [1.82, 2.24) is 9.29 Å². The van der Waals surface area contributed by atoms with Crippen molar-refractivity contribution in [2.45, 2.75) is 35.9 Å². The normalized spacial score (nSPS) is 18.0. The molecule has 0 atom stereocenters. The number of alkyl halides is 3. The van der Waals surface area contributed by atoms with Gasteiger partial charge in [0.2, 0.25) is 10.0 Å². The van der Waals surface area contributed by atoms with Crippen LogP contribution >= 0.6 is 0 Å². The van der Waals surface area contributed by atoms with E-state index in [-0.39, 0.29) is 6.42 Å². The molecule has 1 saturated carbocycles. The van der Waals surface area contributed by atoms with E-state index in [9.17, 15) is 30.8 Å². The van der Waals surface area contributed by atoms with E-state index in [0.29, 0.717) is 10.8 Å². The minimum atomic E-state index is -4.86. The van der Waals surface area contributed by atoms with E-state index in [1.807, 2.05) is 0 Å². The molecule has 2 rings (SSSR count). The first-order chi connectivity index (χ1) is 9.91. The van der Waals surface area contributed by atoms with Gasteiger partial charge in [0, 0.05) is 13.2 Å². The SMILES string of the molecule is Cn1cc(S(=O)(=O)NC2(C(F)(F)F)CCC2)c(F)c1C(=O)O. The molecule has 1 heterocycles. The molecule has 1 fully saturated rings. The maximum absolute atomic E-state index is 13.9. The molecule has 0 spiro atoms. The lowest BCUT2D eigenvalue weighted by molar-refractivity contribution is -0.212. The summed E-state index contributed by atoms with van der Waals surface area (Å²) in [5.74, 6) is -3.32. The van der Waals surface area contributed by atoms with Crippen LogP contribution in [0.25, 0.3) is 0 Å². The maximum Gasteiger partial charge on any atom is 0.407 e. The molecule has 0 saturated heterocycles. The van der Waals surface area contributed by atoms with Gasteiger partial charge in [-0.3, -0.25) is 0 Å². The lowest BCUT2D eigenvalue weighted by Crippen LogP contribution is -2.62. The summed E-state index contributed by atoms with van der Waals surface area (Å²) < 4.78 is 79.2. The third-order valence-electron chi connectivity index (χ3n) is 3.66. The van der Waals surface area contributed by atoms with Crippen LogP contribution in [0.1, 0.15) is 29.8 Å². The number of carbonyl (C=O) groups is 1. The lowest BCUT2D eigenvalue weighted by atomic mass is 9.77. The van der Waals surface area contributed by atoms with Gasteiger partial charge in [0.05, 0.1) is 0 Å². The van der Waals surface area contributed by atoms with Gasteiger partial charge in [-0.25, -0.2) is 17.6 Å². The van der Waals surface area contributed by atoms with Crippen molar-refractivity contribution in [3.63, 3.8) is 0 Å². The Bertz CT molecular complexity index is 719. The van der Waals surface area contributed by atoms with E-state index in [4.69, 9.17) is 5.11 Å². The summed E-state index contributed by atoms with van der Waals surface area (Å²) in [6.07, 6.45) is -4.91. The predicted octanol–water partition coefficient (Wildman–Crippen LogP) is 1.63. The van der Waals surface area contributed by atoms with Crippen LogP contribution < -0.4 is 4.72 Å². The molecule has 0 amide bonds. The van der Waals surface area contributed by atoms with Crippen molar-refractivity contribution in [2.24, 2.45) is 7.05 Å². The minimum absolute atomic E-state index is 0.180. The van der Waals surface area contributed by atoms with Crippen molar-refractivity contribution in [2.75, 3.05) is 0 Å². The van der Waals surface area contributed by atoms with Crippen LogP contribution in [0.5, 0.6) is 0 Å². The zero-order valence-corrected chi connectivity index (χ0v) is 12.1. The molecule has 22 heavy (non-hydrogen) atoms. The average Bonchev–Trinajstić information content (AvgIpc) is 2.58. The molecule has 0 aliphatic heterocycles. The highest BCUT2D eigenvalue weighted by Gasteiger charge is 2.60. The fourth-order valence-electron chi connectivity index (χ4n) is 2.29. The van der Waals surface area contributed by atoms with E-state index >= 15 is 0 Å². The maximum atomic E-state index is 13.9. The van der Waals surface area contributed by atoms with Crippen LogP contribution in [0, 0.1) is 5.82 Å². The number of carboxylic acids is 1. The summed E-state index contributed by atoms with van der Waals surface area (Å²) in [7, 11) is -3.78. The lowest BCUT2D eigenvalue weighted by Gasteiger charge is -2.43. The second kappa shape index (κ2) is 4.95. The molecule has 6 nitrogen and oxygen atoms in total. The number of sulfonamides is 1. The molecule has 124 valence electrons. The van der Waals surface area contributed by atoms with E-state index in [2.05, 4.69) is 0 Å². The Balaban J connectivity index is 2.45. The summed E-state index contributed by atoms with van der Waals surface area (Å²) >= 11 is 0. The highest BCUT2D eigenvalue weighted by molar-refractivity contribution is 7.89. The second-order valence-corrected chi connectivity index (χ2v) is 6.76. The Hall–Kier alpha value is -1.62. The molecule has 0 radical (unpaired) electrons. The summed E-state index contributed by atoms with van der Waals surface area (Å²) in [5, 5.41) is 8.79. The van der Waals surface area contributed by atoms with Crippen molar-refractivity contribution in [3.05, 3.63) is 17.7 Å². The van der Waals surface area contributed by atoms with Gasteiger partial charge in [-0.2, -0.15) is 17.9 Å². The fourth-order valence-corrected chi connectivity index (χ4v) is 3.86. The number of aromatic carboxylic acids is 1. The summed E-state index contributed by atoms with van der Waals surface area (Å²) in [4.78, 5) is 9.72. The number of carboxylic acid groups (broad SMARTS) is 1. The smallest absolute Gasteiger partial charge is 0.407 e. The molecule has 1 aliphatic carbocycles. The fraction of sp³-hybridized carbons (Fsp3) is 0.545. The van der Waals surface area contributed by atoms with Gasteiger partial charge in [-0.15, -0.1) is 0 Å². The third kappa shape index (κ3) is 2.47. The number of hydrogen-bond donors (Lipinski definition) is 2. The van der Waals surface area contributed by atoms with Crippen LogP contribution in [0.15, 0.2) is 11.1 Å². The van der Waals surface area contributed by atoms with Gasteiger partial charge in [0.15, 0.2) is 11.5 Å². The highest BCUT2D eigenvalue weighted by Crippen LogP contribution is 2.46. The quantitative estimate of drug-likeness (QED) is 0.813. The molecule has 1 aromatic rings. The van der Waals surface area contributed by atoms with Crippen LogP contribution in [0.4, 0.5) is 17.6 Å². The standard InChI is InChI=1S/C11H12F4N2O4S/c1-17-5-6(7(12)8(17)9(18)19)22(20,21)16-10(3-2-4-10)11(13,14)15/h5,16H,2-4H2,1H3,(H,18,19). The minimum Gasteiger partial charge on any atom is -0.476 e. The second-order valence-electron chi connectivity index (χ2n) is 5.11. The van der Waals surface area contributed by atoms with Crippen molar-refractivity contribution < 1.29 is 35.9 Å². The molecular formula is C11H12F4N2O4S. The molecule has 2 N–H and O–H groups in total. The topological polar surface area (TPSA) is 88.4 Å². The Morgan fingerprint density at radius 1 is 1.41 bits per heavy atom. The van der Waals surface area contributed by atoms with Crippen LogP contribution in [0.3, 0.4) is 0 Å². The van der Waals surface area contributed by atoms with Gasteiger partial charge < -0.3 is 9.67 Å². The van der Waals surface area contributed by atoms with E-state index in [0.717, 1.165) is 7.05 Å². The molecular weight excluding hydrogens is 332 g/mol. The first-order valence-corrected chi connectivity index (χ1v) is 7.58. The van der Waals surface area contributed by atoms with E-state index in [1.165, 1.54) is 4.72 Å². The summed E-state index contributed by atoms with van der Waals surface area (Å²) in [5.41, 5.74) is -3.58. The zero-order chi connectivity index (χ0) is 16.9. The van der Waals surface area contributed by atoms with Crippen molar-refractivity contribution in [1.29, 1.82) is 0 Å². The molecule has 11 heteroatoms. The van der Waals surface area contributed by atoms with Gasteiger partial charge in [-0.1, -0.05) is 0 Å². The third-order valence-corrected chi connectivity index (χ3v) is 5.18.